The van der Waals surface area contributed by atoms with Crippen LogP contribution in [0.4, 0.5) is 30.1 Å². The van der Waals surface area contributed by atoms with Crippen molar-refractivity contribution in [2.24, 2.45) is 0 Å². The Morgan fingerprint density at radius 2 is 2.04 bits per heavy atom. The number of carbonyl (C=O) groups excluding carboxylic acids is 2. The monoisotopic (exact) mass is 394 g/mol. The standard InChI is InChI=1S/C17H19FN4O6/c1-20-13-7-21(8-14(13)28-16(20)25)12-3-2-9(4-11(12)18)22-6-10(27-17(22)26)5-19-15(23)24/h2-4,10,13-14,19H,5-8H2,1H3,(H,23,24)/t10-,13?,14?/m0/s1. The van der Waals surface area contributed by atoms with Crippen LogP contribution in [0.5, 0.6) is 0 Å². The second kappa shape index (κ2) is 6.73. The number of benzene rings is 1. The second-order valence-electron chi connectivity index (χ2n) is 6.94. The number of fused-ring (bicyclic) bond motifs is 1. The third-order valence-corrected chi connectivity index (χ3v) is 5.21. The minimum Gasteiger partial charge on any atom is -0.465 e. The van der Waals surface area contributed by atoms with Crippen molar-refractivity contribution in [1.82, 2.24) is 10.2 Å². The number of cyclic esters (lactones) is 1. The van der Waals surface area contributed by atoms with E-state index in [0.29, 0.717) is 24.5 Å². The van der Waals surface area contributed by atoms with Crippen LogP contribution in [0.2, 0.25) is 0 Å². The van der Waals surface area contributed by atoms with Gasteiger partial charge in [-0.15, -0.1) is 0 Å². The number of halogens is 1. The Balaban J connectivity index is 1.45. The van der Waals surface area contributed by atoms with Crippen LogP contribution in [0.3, 0.4) is 0 Å². The van der Waals surface area contributed by atoms with E-state index in [1.807, 2.05) is 0 Å². The van der Waals surface area contributed by atoms with Crippen molar-refractivity contribution in [2.45, 2.75) is 18.2 Å². The summed E-state index contributed by atoms with van der Waals surface area (Å²) in [5, 5.41) is 10.8. The number of nitrogens with zero attached hydrogens (tertiary/aromatic N) is 3. The Bertz CT molecular complexity index is 836. The zero-order chi connectivity index (χ0) is 20.0. The maximum Gasteiger partial charge on any atom is 0.414 e. The smallest absolute Gasteiger partial charge is 0.414 e. The summed E-state index contributed by atoms with van der Waals surface area (Å²) in [7, 11) is 1.66. The van der Waals surface area contributed by atoms with Crippen LogP contribution in [0.25, 0.3) is 0 Å². The highest BCUT2D eigenvalue weighted by Gasteiger charge is 2.46. The lowest BCUT2D eigenvalue weighted by Crippen LogP contribution is -2.35. The van der Waals surface area contributed by atoms with Gasteiger partial charge in [0.2, 0.25) is 0 Å². The Hall–Kier alpha value is -3.24. The number of hydrogen-bond donors (Lipinski definition) is 2. The van der Waals surface area contributed by atoms with Crippen LogP contribution in [-0.2, 0) is 9.47 Å². The first-order valence-electron chi connectivity index (χ1n) is 8.76. The van der Waals surface area contributed by atoms with E-state index in [1.54, 1.807) is 24.1 Å². The lowest BCUT2D eigenvalue weighted by atomic mass is 10.2. The molecule has 1 aromatic carbocycles. The quantitative estimate of drug-likeness (QED) is 0.785. The minimum atomic E-state index is -1.21. The van der Waals surface area contributed by atoms with Crippen LogP contribution in [0.1, 0.15) is 0 Å². The summed E-state index contributed by atoms with van der Waals surface area (Å²) < 4.78 is 25.1. The van der Waals surface area contributed by atoms with Gasteiger partial charge in [0.15, 0.2) is 0 Å². The summed E-state index contributed by atoms with van der Waals surface area (Å²) in [6, 6.07) is 4.30. The number of ether oxygens (including phenoxy) is 2. The molecule has 2 N–H and O–H groups in total. The Morgan fingerprint density at radius 3 is 2.71 bits per heavy atom. The number of rotatable bonds is 4. The summed E-state index contributed by atoms with van der Waals surface area (Å²) in [4.78, 5) is 38.7. The third-order valence-electron chi connectivity index (χ3n) is 5.21. The van der Waals surface area contributed by atoms with Crippen LogP contribution >= 0.6 is 0 Å². The van der Waals surface area contributed by atoms with E-state index in [1.165, 1.54) is 15.9 Å². The summed E-state index contributed by atoms with van der Waals surface area (Å²) >= 11 is 0. The predicted molar refractivity (Wildman–Crippen MR) is 94.1 cm³/mol. The molecule has 11 heteroatoms. The molecule has 0 saturated carbocycles. The molecule has 2 unspecified atom stereocenters. The van der Waals surface area contributed by atoms with E-state index in [-0.39, 0.29) is 31.3 Å². The van der Waals surface area contributed by atoms with Crippen molar-refractivity contribution in [3.05, 3.63) is 24.0 Å². The predicted octanol–water partition coefficient (Wildman–Crippen LogP) is 1.06. The van der Waals surface area contributed by atoms with Crippen molar-refractivity contribution < 1.29 is 33.4 Å². The molecule has 3 amide bonds. The molecule has 3 aliphatic rings. The van der Waals surface area contributed by atoms with E-state index < -0.39 is 24.1 Å². The highest BCUT2D eigenvalue weighted by atomic mass is 19.1. The number of likely N-dealkylation sites (N-methyl/N-ethyl adjacent to an activating group) is 1. The summed E-state index contributed by atoms with van der Waals surface area (Å²) in [6.07, 6.45) is -3.18. The maximum atomic E-state index is 14.8. The van der Waals surface area contributed by atoms with Crippen molar-refractivity contribution in [1.29, 1.82) is 0 Å². The lowest BCUT2D eigenvalue weighted by Gasteiger charge is -2.23. The molecular weight excluding hydrogens is 375 g/mol. The van der Waals surface area contributed by atoms with Gasteiger partial charge in [0, 0.05) is 13.6 Å². The fourth-order valence-corrected chi connectivity index (χ4v) is 3.75. The molecular formula is C17H19FN4O6. The zero-order valence-electron chi connectivity index (χ0n) is 15.0. The molecule has 3 atom stereocenters. The first-order chi connectivity index (χ1) is 13.3. The molecule has 4 rings (SSSR count). The molecule has 3 saturated heterocycles. The average molecular weight is 394 g/mol. The fraction of sp³-hybridized carbons (Fsp3) is 0.471. The molecule has 10 nitrogen and oxygen atoms in total. The molecule has 3 fully saturated rings. The van der Waals surface area contributed by atoms with E-state index in [2.05, 4.69) is 5.32 Å². The van der Waals surface area contributed by atoms with Gasteiger partial charge in [-0.1, -0.05) is 0 Å². The number of carboxylic acid groups (broad SMARTS) is 1. The molecule has 0 bridgehead atoms. The number of anilines is 2. The molecule has 0 spiro atoms. The van der Waals surface area contributed by atoms with Crippen molar-refractivity contribution in [3.63, 3.8) is 0 Å². The van der Waals surface area contributed by atoms with Gasteiger partial charge in [-0.2, -0.15) is 0 Å². The van der Waals surface area contributed by atoms with Gasteiger partial charge in [0.1, 0.15) is 18.0 Å². The summed E-state index contributed by atoms with van der Waals surface area (Å²) in [5.74, 6) is -0.508. The third kappa shape index (κ3) is 3.12. The van der Waals surface area contributed by atoms with Gasteiger partial charge in [0.05, 0.1) is 37.1 Å². The number of nitrogens with one attached hydrogen (secondary N) is 1. The normalized spacial score (nSPS) is 26.4. The average Bonchev–Trinajstić information content (AvgIpc) is 3.29. The molecule has 0 aromatic heterocycles. The topological polar surface area (TPSA) is 112 Å². The first kappa shape index (κ1) is 18.1. The highest BCUT2D eigenvalue weighted by Crippen LogP contribution is 2.33. The van der Waals surface area contributed by atoms with Gasteiger partial charge in [-0.05, 0) is 18.2 Å². The summed E-state index contributed by atoms with van der Waals surface area (Å²) in [5.41, 5.74) is 0.686. The molecule has 3 heterocycles. The molecule has 1 aromatic rings. The largest absolute Gasteiger partial charge is 0.465 e. The number of amides is 3. The summed E-state index contributed by atoms with van der Waals surface area (Å²) in [6.45, 7) is 0.928. The molecule has 3 aliphatic heterocycles. The zero-order valence-corrected chi connectivity index (χ0v) is 15.0. The highest BCUT2D eigenvalue weighted by molar-refractivity contribution is 5.90. The van der Waals surface area contributed by atoms with Crippen LogP contribution in [0, 0.1) is 5.82 Å². The Labute approximate surface area is 159 Å². The van der Waals surface area contributed by atoms with Gasteiger partial charge < -0.3 is 29.7 Å². The Kier molecular flexibility index (Phi) is 4.36. The van der Waals surface area contributed by atoms with E-state index >= 15 is 0 Å². The molecule has 0 radical (unpaired) electrons. The van der Waals surface area contributed by atoms with Crippen molar-refractivity contribution >= 4 is 29.7 Å². The second-order valence-corrected chi connectivity index (χ2v) is 6.94. The number of hydrogen-bond acceptors (Lipinski definition) is 6. The van der Waals surface area contributed by atoms with Gasteiger partial charge >= 0.3 is 18.3 Å². The van der Waals surface area contributed by atoms with Crippen molar-refractivity contribution in [3.8, 4) is 0 Å². The Morgan fingerprint density at radius 1 is 1.25 bits per heavy atom. The molecule has 0 aliphatic carbocycles. The SMILES string of the molecule is CN1C(=O)OC2CN(c3ccc(N4C[C@H](CNC(=O)O)OC4=O)cc3F)CC21. The fourth-order valence-electron chi connectivity index (χ4n) is 3.75. The molecule has 150 valence electrons. The van der Waals surface area contributed by atoms with E-state index in [0.717, 1.165) is 0 Å². The lowest BCUT2D eigenvalue weighted by molar-refractivity contribution is 0.136. The van der Waals surface area contributed by atoms with E-state index in [9.17, 15) is 18.8 Å². The van der Waals surface area contributed by atoms with Crippen LogP contribution in [-0.4, -0.2) is 79.8 Å². The van der Waals surface area contributed by atoms with Crippen LogP contribution < -0.4 is 15.1 Å². The van der Waals surface area contributed by atoms with Crippen molar-refractivity contribution in [2.75, 3.05) is 43.0 Å². The minimum absolute atomic E-state index is 0.0407. The first-order valence-corrected chi connectivity index (χ1v) is 8.76. The van der Waals surface area contributed by atoms with Gasteiger partial charge in [0.25, 0.3) is 0 Å². The van der Waals surface area contributed by atoms with Gasteiger partial charge in [-0.3, -0.25) is 4.90 Å². The number of carbonyl (C=O) groups is 3. The molecule has 28 heavy (non-hydrogen) atoms. The van der Waals surface area contributed by atoms with Crippen LogP contribution in [0.15, 0.2) is 18.2 Å². The van der Waals surface area contributed by atoms with E-state index in [4.69, 9.17) is 14.6 Å². The van der Waals surface area contributed by atoms with Gasteiger partial charge in [-0.25, -0.2) is 18.8 Å². The maximum absolute atomic E-state index is 14.8.